The number of tetrazole rings is 1. The number of carboxylic acids is 1. The van der Waals surface area contributed by atoms with Gasteiger partial charge in [-0.15, -0.1) is 5.10 Å². The van der Waals surface area contributed by atoms with Gasteiger partial charge in [-0.25, -0.2) is 9.07 Å². The van der Waals surface area contributed by atoms with Crippen LogP contribution in [0.2, 0.25) is 0 Å². The van der Waals surface area contributed by atoms with Gasteiger partial charge in [-0.05, 0) is 65.2 Å². The molecule has 3 aromatic carbocycles. The predicted molar refractivity (Wildman–Crippen MR) is 144 cm³/mol. The van der Waals surface area contributed by atoms with Gasteiger partial charge < -0.3 is 9.67 Å². The number of nitrogens with zero attached hydrogens (tertiary/aromatic N) is 5. The Labute approximate surface area is 220 Å². The third kappa shape index (κ3) is 5.02. The van der Waals surface area contributed by atoms with Gasteiger partial charge >= 0.3 is 5.97 Å². The van der Waals surface area contributed by atoms with Crippen molar-refractivity contribution in [3.8, 4) is 0 Å². The maximum atomic E-state index is 13.7. The molecular formula is C29H31FN6O2. The molecule has 0 fully saturated rings. The molecule has 5 aromatic rings. The van der Waals surface area contributed by atoms with Crippen LogP contribution in [0.3, 0.4) is 0 Å². The minimum atomic E-state index is -0.961. The molecular weight excluding hydrogens is 483 g/mol. The SMILES string of the molecule is CCCCn1nnnc1C(NC(CC(=O)O)c1ccc(F)cc1)c1ccc2c(c1)c1ccccc1n2CC. The van der Waals surface area contributed by atoms with Gasteiger partial charge in [0.2, 0.25) is 0 Å². The molecule has 0 spiro atoms. The Morgan fingerprint density at radius 2 is 1.74 bits per heavy atom. The first-order valence-electron chi connectivity index (χ1n) is 13.0. The third-order valence-electron chi connectivity index (χ3n) is 7.01. The van der Waals surface area contributed by atoms with Crippen molar-refractivity contribution in [2.75, 3.05) is 0 Å². The average Bonchev–Trinajstić information content (AvgIpc) is 3.51. The highest BCUT2D eigenvalue weighted by Gasteiger charge is 2.27. The van der Waals surface area contributed by atoms with Gasteiger partial charge in [0.05, 0.1) is 12.5 Å². The van der Waals surface area contributed by atoms with E-state index in [9.17, 15) is 14.3 Å². The van der Waals surface area contributed by atoms with Crippen molar-refractivity contribution >= 4 is 27.8 Å². The Balaban J connectivity index is 1.65. The molecule has 8 nitrogen and oxygen atoms in total. The Morgan fingerprint density at radius 3 is 2.47 bits per heavy atom. The number of halogens is 1. The molecule has 0 aliphatic heterocycles. The smallest absolute Gasteiger partial charge is 0.305 e. The van der Waals surface area contributed by atoms with Crippen LogP contribution in [0.4, 0.5) is 4.39 Å². The summed E-state index contributed by atoms with van der Waals surface area (Å²) < 4.78 is 17.7. The summed E-state index contributed by atoms with van der Waals surface area (Å²) in [6.07, 6.45) is 1.71. The van der Waals surface area contributed by atoms with Crippen molar-refractivity contribution in [1.29, 1.82) is 0 Å². The summed E-state index contributed by atoms with van der Waals surface area (Å²) in [5.41, 5.74) is 3.88. The second kappa shape index (κ2) is 11.1. The summed E-state index contributed by atoms with van der Waals surface area (Å²) >= 11 is 0. The predicted octanol–water partition coefficient (Wildman–Crippen LogP) is 5.64. The van der Waals surface area contributed by atoms with E-state index in [0.717, 1.165) is 46.8 Å². The number of fused-ring (bicyclic) bond motifs is 3. The first-order valence-corrected chi connectivity index (χ1v) is 13.0. The normalized spacial score (nSPS) is 13.2. The van der Waals surface area contributed by atoms with Gasteiger partial charge in [-0.2, -0.15) is 0 Å². The summed E-state index contributed by atoms with van der Waals surface area (Å²) in [5, 5.41) is 28.0. The second-order valence-electron chi connectivity index (χ2n) is 9.45. The fraction of sp³-hybridized carbons (Fsp3) is 0.310. The number of rotatable bonds is 11. The molecule has 2 heterocycles. The molecule has 196 valence electrons. The van der Waals surface area contributed by atoms with Crippen LogP contribution in [0.5, 0.6) is 0 Å². The van der Waals surface area contributed by atoms with Crippen molar-refractivity contribution in [2.24, 2.45) is 0 Å². The lowest BCUT2D eigenvalue weighted by Crippen LogP contribution is -2.31. The van der Waals surface area contributed by atoms with E-state index in [-0.39, 0.29) is 12.2 Å². The monoisotopic (exact) mass is 514 g/mol. The van der Waals surface area contributed by atoms with E-state index in [2.05, 4.69) is 63.5 Å². The molecule has 2 atom stereocenters. The molecule has 9 heteroatoms. The van der Waals surface area contributed by atoms with Gasteiger partial charge in [0.1, 0.15) is 5.82 Å². The number of aryl methyl sites for hydroxylation is 2. The Hall–Kier alpha value is -4.11. The van der Waals surface area contributed by atoms with Crippen LogP contribution in [0.1, 0.15) is 62.1 Å². The number of unbranched alkanes of at least 4 members (excludes halogenated alkanes) is 1. The standard InChI is InChI=1S/C29H31FN6O2/c1-3-5-16-36-29(32-33-34-36)28(31-24(18-27(37)38)19-10-13-21(30)14-11-19)20-12-15-26-23(17-20)22-8-6-7-9-25(22)35(26)4-2/h6-15,17,24,28,31H,3-5,16,18H2,1-2H3,(H,37,38). The summed E-state index contributed by atoms with van der Waals surface area (Å²) in [5.74, 6) is -0.729. The molecule has 0 saturated carbocycles. The number of carboxylic acid groups (broad SMARTS) is 1. The molecule has 0 radical (unpaired) electrons. The number of nitrogens with one attached hydrogen (secondary N) is 1. The number of benzene rings is 3. The molecule has 2 aromatic heterocycles. The highest BCUT2D eigenvalue weighted by atomic mass is 19.1. The summed E-state index contributed by atoms with van der Waals surface area (Å²) in [4.78, 5) is 11.9. The molecule has 38 heavy (non-hydrogen) atoms. The van der Waals surface area contributed by atoms with Crippen LogP contribution in [0.25, 0.3) is 21.8 Å². The number of hydrogen-bond acceptors (Lipinski definition) is 5. The molecule has 2 N–H and O–H groups in total. The molecule has 0 aliphatic rings. The summed E-state index contributed by atoms with van der Waals surface area (Å²) in [7, 11) is 0. The fourth-order valence-corrected chi connectivity index (χ4v) is 5.14. The van der Waals surface area contributed by atoms with Crippen LogP contribution < -0.4 is 5.32 Å². The Morgan fingerprint density at radius 1 is 1.00 bits per heavy atom. The fourth-order valence-electron chi connectivity index (χ4n) is 5.14. The van der Waals surface area contributed by atoms with Crippen molar-refractivity contribution in [3.05, 3.63) is 89.5 Å². The highest BCUT2D eigenvalue weighted by molar-refractivity contribution is 6.08. The highest BCUT2D eigenvalue weighted by Crippen LogP contribution is 2.34. The molecule has 2 unspecified atom stereocenters. The van der Waals surface area contributed by atoms with Gasteiger partial charge in [0.15, 0.2) is 5.82 Å². The summed E-state index contributed by atoms with van der Waals surface area (Å²) in [6, 6.07) is 19.4. The molecule has 0 amide bonds. The number of para-hydroxylation sites is 1. The number of hydrogen-bond donors (Lipinski definition) is 2. The summed E-state index contributed by atoms with van der Waals surface area (Å²) in [6.45, 7) is 5.72. The molecule has 0 saturated heterocycles. The average molecular weight is 515 g/mol. The first kappa shape index (κ1) is 25.5. The van der Waals surface area contributed by atoms with Crippen LogP contribution in [-0.4, -0.2) is 35.9 Å². The van der Waals surface area contributed by atoms with E-state index >= 15 is 0 Å². The topological polar surface area (TPSA) is 97.9 Å². The quantitative estimate of drug-likeness (QED) is 0.237. The lowest BCUT2D eigenvalue weighted by molar-refractivity contribution is -0.137. The van der Waals surface area contributed by atoms with Crippen molar-refractivity contribution < 1.29 is 14.3 Å². The van der Waals surface area contributed by atoms with Crippen molar-refractivity contribution in [1.82, 2.24) is 30.1 Å². The van der Waals surface area contributed by atoms with Gasteiger partial charge in [0.25, 0.3) is 0 Å². The zero-order valence-electron chi connectivity index (χ0n) is 21.5. The van der Waals surface area contributed by atoms with E-state index in [1.165, 1.54) is 12.1 Å². The molecule has 0 bridgehead atoms. The van der Waals surface area contributed by atoms with Crippen LogP contribution in [0.15, 0.2) is 66.7 Å². The van der Waals surface area contributed by atoms with Gasteiger partial charge in [-0.3, -0.25) is 10.1 Å². The van der Waals surface area contributed by atoms with Crippen LogP contribution in [0, 0.1) is 5.82 Å². The minimum Gasteiger partial charge on any atom is -0.481 e. The maximum Gasteiger partial charge on any atom is 0.305 e. The zero-order chi connectivity index (χ0) is 26.6. The molecule has 5 rings (SSSR count). The van der Waals surface area contributed by atoms with Gasteiger partial charge in [0, 0.05) is 40.9 Å². The van der Waals surface area contributed by atoms with Crippen molar-refractivity contribution in [3.63, 3.8) is 0 Å². The maximum absolute atomic E-state index is 13.7. The number of aliphatic carboxylic acids is 1. The van der Waals surface area contributed by atoms with Crippen LogP contribution >= 0.6 is 0 Å². The zero-order valence-corrected chi connectivity index (χ0v) is 21.5. The minimum absolute atomic E-state index is 0.184. The molecule has 0 aliphatic carbocycles. The first-order chi connectivity index (χ1) is 18.5. The van der Waals surface area contributed by atoms with E-state index in [1.54, 1.807) is 16.8 Å². The van der Waals surface area contributed by atoms with Gasteiger partial charge in [-0.1, -0.05) is 49.7 Å². The van der Waals surface area contributed by atoms with E-state index in [0.29, 0.717) is 17.9 Å². The van der Waals surface area contributed by atoms with E-state index in [1.807, 2.05) is 18.2 Å². The Kier molecular flexibility index (Phi) is 7.46. The van der Waals surface area contributed by atoms with Crippen LogP contribution in [-0.2, 0) is 17.9 Å². The number of carbonyl (C=O) groups is 1. The lowest BCUT2D eigenvalue weighted by atomic mass is 9.98. The lowest BCUT2D eigenvalue weighted by Gasteiger charge is -2.25. The second-order valence-corrected chi connectivity index (χ2v) is 9.45. The third-order valence-corrected chi connectivity index (χ3v) is 7.01. The Bertz CT molecular complexity index is 1560. The largest absolute Gasteiger partial charge is 0.481 e. The van der Waals surface area contributed by atoms with E-state index < -0.39 is 18.1 Å². The number of aromatic nitrogens is 5. The van der Waals surface area contributed by atoms with E-state index in [4.69, 9.17) is 0 Å². The van der Waals surface area contributed by atoms with Crippen molar-refractivity contribution in [2.45, 2.75) is 58.3 Å².